The Morgan fingerprint density at radius 1 is 0.796 bits per heavy atom. The summed E-state index contributed by atoms with van der Waals surface area (Å²) in [6.45, 7) is 4.97. The van der Waals surface area contributed by atoms with Gasteiger partial charge in [0.2, 0.25) is 11.8 Å². The van der Waals surface area contributed by atoms with Crippen molar-refractivity contribution < 1.29 is 23.5 Å². The summed E-state index contributed by atoms with van der Waals surface area (Å²) >= 11 is 0. The van der Waals surface area contributed by atoms with Gasteiger partial charge in [-0.15, -0.1) is 5.10 Å². The molecule has 4 aliphatic rings. The van der Waals surface area contributed by atoms with Crippen LogP contribution in [0.25, 0.3) is 17.0 Å². The number of halogens is 1. The lowest BCUT2D eigenvalue weighted by atomic mass is 10.0. The zero-order chi connectivity index (χ0) is 36.8. The summed E-state index contributed by atoms with van der Waals surface area (Å²) in [5.41, 5.74) is 5.21. The predicted molar refractivity (Wildman–Crippen MR) is 198 cm³/mol. The van der Waals surface area contributed by atoms with Crippen molar-refractivity contribution in [2.24, 2.45) is 0 Å². The van der Waals surface area contributed by atoms with Crippen LogP contribution in [0.4, 0.5) is 20.8 Å². The molecule has 14 heteroatoms. The predicted octanol–water partition coefficient (Wildman–Crippen LogP) is 5.54. The minimum absolute atomic E-state index is 0.0602. The van der Waals surface area contributed by atoms with Gasteiger partial charge in [0, 0.05) is 52.1 Å². The number of hydrazine groups is 1. The van der Waals surface area contributed by atoms with Gasteiger partial charge >= 0.3 is 6.09 Å². The molecule has 7 heterocycles. The van der Waals surface area contributed by atoms with Gasteiger partial charge < -0.3 is 14.5 Å². The van der Waals surface area contributed by atoms with Crippen molar-refractivity contribution in [1.82, 2.24) is 34.5 Å². The molecule has 4 fully saturated rings. The van der Waals surface area contributed by atoms with Crippen LogP contribution in [-0.4, -0.2) is 91.7 Å². The largest absolute Gasteiger partial charge is 0.438 e. The molecule has 0 unspecified atom stereocenters. The van der Waals surface area contributed by atoms with Gasteiger partial charge in [0.1, 0.15) is 29.3 Å². The normalized spacial score (nSPS) is 21.1. The molecule has 0 aliphatic carbocycles. The molecule has 5 aromatic rings. The lowest BCUT2D eigenvalue weighted by molar-refractivity contribution is -0.162. The van der Waals surface area contributed by atoms with Gasteiger partial charge in [0.15, 0.2) is 5.65 Å². The van der Waals surface area contributed by atoms with Gasteiger partial charge in [-0.25, -0.2) is 28.7 Å². The number of benzene rings is 2. The number of piperidine rings is 1. The SMILES string of the molecule is O=C1O[C@@H](c2cccc(CN3CCN(c4cccc(-c5cnc6ccc(N7CCC[C@@H]7c7cccc(F)c7)nn56)n4)CC3)c2)CN1N1C(=O)CCCC1=O. The Labute approximate surface area is 311 Å². The molecule has 0 radical (unpaired) electrons. The van der Waals surface area contributed by atoms with E-state index in [0.717, 1.165) is 107 Å². The van der Waals surface area contributed by atoms with E-state index in [1.54, 1.807) is 12.1 Å². The third kappa shape index (κ3) is 6.50. The minimum atomic E-state index is -0.678. The van der Waals surface area contributed by atoms with E-state index in [1.807, 2.05) is 65.3 Å². The quantitative estimate of drug-likeness (QED) is 0.188. The molecule has 0 saturated carbocycles. The van der Waals surface area contributed by atoms with E-state index in [-0.39, 0.29) is 43.1 Å². The van der Waals surface area contributed by atoms with Gasteiger partial charge in [-0.1, -0.05) is 42.5 Å². The number of aromatic nitrogens is 4. The van der Waals surface area contributed by atoms with E-state index >= 15 is 0 Å². The van der Waals surface area contributed by atoms with Gasteiger partial charge in [-0.05, 0) is 72.4 Å². The number of imidazole rings is 1. The second-order valence-corrected chi connectivity index (χ2v) is 14.3. The molecule has 3 amide bonds. The van der Waals surface area contributed by atoms with Crippen molar-refractivity contribution in [2.75, 3.05) is 49.1 Å². The number of carbonyl (C=O) groups excluding carboxylic acids is 3. The van der Waals surface area contributed by atoms with Gasteiger partial charge in [0.05, 0.1) is 24.5 Å². The molecule has 54 heavy (non-hydrogen) atoms. The van der Waals surface area contributed by atoms with Crippen molar-refractivity contribution in [1.29, 1.82) is 0 Å². The lowest BCUT2D eigenvalue weighted by Gasteiger charge is -2.35. The number of fused-ring (bicyclic) bond motifs is 1. The lowest BCUT2D eigenvalue weighted by Crippen LogP contribution is -2.52. The first kappa shape index (κ1) is 33.9. The van der Waals surface area contributed by atoms with Crippen LogP contribution in [-0.2, 0) is 20.9 Å². The fraction of sp³-hybridized carbons (Fsp3) is 0.350. The third-order valence-corrected chi connectivity index (χ3v) is 10.8. The minimum Gasteiger partial charge on any atom is -0.438 e. The van der Waals surface area contributed by atoms with Crippen LogP contribution in [0.2, 0.25) is 0 Å². The summed E-state index contributed by atoms with van der Waals surface area (Å²) < 4.78 is 21.6. The highest BCUT2D eigenvalue weighted by atomic mass is 19.1. The molecule has 9 rings (SSSR count). The van der Waals surface area contributed by atoms with Crippen LogP contribution in [0.1, 0.15) is 60.9 Å². The van der Waals surface area contributed by atoms with E-state index in [4.69, 9.17) is 14.8 Å². The number of pyridine rings is 1. The standard InChI is InChI=1S/C40H40FN9O4/c41-30-9-2-7-28(23-30)32-11-5-17-47(32)37-16-15-35-42-24-33(49(35)44-37)31-10-3-12-36(43-31)46-20-18-45(19-21-46)25-27-6-1-8-29(22-27)34-26-48(40(53)54-34)50-38(51)13-4-14-39(50)52/h1-3,6-10,12,15-16,22-24,32,34H,4-5,11,13-14,17-21,25-26H2/t32-,34-/m1/s1. The summed E-state index contributed by atoms with van der Waals surface area (Å²) in [5.74, 6) is 0.756. The Morgan fingerprint density at radius 2 is 1.59 bits per heavy atom. The van der Waals surface area contributed by atoms with Crippen LogP contribution < -0.4 is 9.80 Å². The number of rotatable bonds is 8. The van der Waals surface area contributed by atoms with E-state index in [9.17, 15) is 18.8 Å². The number of imide groups is 1. The molecule has 276 valence electrons. The van der Waals surface area contributed by atoms with E-state index in [2.05, 4.69) is 25.8 Å². The van der Waals surface area contributed by atoms with Crippen LogP contribution in [0.3, 0.4) is 0 Å². The fourth-order valence-corrected chi connectivity index (χ4v) is 8.12. The third-order valence-electron chi connectivity index (χ3n) is 10.8. The summed E-state index contributed by atoms with van der Waals surface area (Å²) in [6.07, 6.45) is 3.50. The Morgan fingerprint density at radius 3 is 2.43 bits per heavy atom. The average molecular weight is 730 g/mol. The molecule has 0 N–H and O–H groups in total. The summed E-state index contributed by atoms with van der Waals surface area (Å²) in [6, 6.07) is 24.9. The van der Waals surface area contributed by atoms with Gasteiger partial charge in [-0.2, -0.15) is 5.01 Å². The highest BCUT2D eigenvalue weighted by molar-refractivity contribution is 5.98. The molecule has 13 nitrogen and oxygen atoms in total. The van der Waals surface area contributed by atoms with Crippen LogP contribution in [0, 0.1) is 5.82 Å². The Bertz CT molecular complexity index is 2220. The number of anilines is 2. The molecule has 4 saturated heterocycles. The molecular formula is C40H40FN9O4. The second-order valence-electron chi connectivity index (χ2n) is 14.3. The van der Waals surface area contributed by atoms with E-state index in [1.165, 1.54) is 6.07 Å². The summed E-state index contributed by atoms with van der Waals surface area (Å²) in [5, 5.41) is 7.13. The van der Waals surface area contributed by atoms with Crippen molar-refractivity contribution in [3.05, 3.63) is 108 Å². The number of carbonyl (C=O) groups is 3. The van der Waals surface area contributed by atoms with E-state index < -0.39 is 12.2 Å². The highest BCUT2D eigenvalue weighted by Crippen LogP contribution is 2.36. The second kappa shape index (κ2) is 14.2. The highest BCUT2D eigenvalue weighted by Gasteiger charge is 2.42. The number of piperazine rings is 1. The Kier molecular flexibility index (Phi) is 8.89. The van der Waals surface area contributed by atoms with Crippen molar-refractivity contribution in [2.45, 2.75) is 50.8 Å². The molecule has 4 aliphatic heterocycles. The van der Waals surface area contributed by atoms with Gasteiger partial charge in [-0.3, -0.25) is 14.5 Å². The smallest absolute Gasteiger partial charge is 0.430 e. The number of ether oxygens (including phenoxy) is 1. The molecule has 2 aromatic carbocycles. The summed E-state index contributed by atoms with van der Waals surface area (Å²) in [4.78, 5) is 54.2. The average Bonchev–Trinajstić information content (AvgIpc) is 3.94. The van der Waals surface area contributed by atoms with Crippen molar-refractivity contribution in [3.63, 3.8) is 0 Å². The number of cyclic esters (lactones) is 1. The molecule has 0 bridgehead atoms. The maximum atomic E-state index is 14.1. The maximum absolute atomic E-state index is 14.1. The zero-order valence-corrected chi connectivity index (χ0v) is 29.8. The van der Waals surface area contributed by atoms with Gasteiger partial charge in [0.25, 0.3) is 0 Å². The Hall–Kier alpha value is -5.89. The van der Waals surface area contributed by atoms with Crippen LogP contribution in [0.15, 0.2) is 85.1 Å². The monoisotopic (exact) mass is 729 g/mol. The van der Waals surface area contributed by atoms with Crippen LogP contribution in [0.5, 0.6) is 0 Å². The zero-order valence-electron chi connectivity index (χ0n) is 29.8. The first-order valence-electron chi connectivity index (χ1n) is 18.6. The number of hydrogen-bond acceptors (Lipinski definition) is 10. The molecular weight excluding hydrogens is 689 g/mol. The topological polar surface area (TPSA) is 120 Å². The number of hydrogen-bond donors (Lipinski definition) is 0. The van der Waals surface area contributed by atoms with E-state index in [0.29, 0.717) is 6.42 Å². The number of nitrogens with zero attached hydrogens (tertiary/aromatic N) is 9. The Balaban J connectivity index is 0.852. The molecule has 3 aromatic heterocycles. The number of amides is 3. The molecule has 0 spiro atoms. The maximum Gasteiger partial charge on any atom is 0.430 e. The molecule has 2 atom stereocenters. The first-order valence-corrected chi connectivity index (χ1v) is 18.6. The first-order chi connectivity index (χ1) is 26.4. The summed E-state index contributed by atoms with van der Waals surface area (Å²) in [7, 11) is 0. The van der Waals surface area contributed by atoms with Crippen molar-refractivity contribution in [3.8, 4) is 11.4 Å². The fourth-order valence-electron chi connectivity index (χ4n) is 8.12. The van der Waals surface area contributed by atoms with Crippen molar-refractivity contribution >= 4 is 35.2 Å². The van der Waals surface area contributed by atoms with Crippen LogP contribution >= 0.6 is 0 Å².